The van der Waals surface area contributed by atoms with Crippen LogP contribution in [0.5, 0.6) is 0 Å². The molecule has 1 aliphatic rings. The molecule has 2 amide bonds. The van der Waals surface area contributed by atoms with Crippen molar-refractivity contribution in [2.45, 2.75) is 38.6 Å². The van der Waals surface area contributed by atoms with Gasteiger partial charge < -0.3 is 15.4 Å². The highest BCUT2D eigenvalue weighted by molar-refractivity contribution is 5.81. The Hall–Kier alpha value is -1.95. The molecule has 0 aromatic carbocycles. The van der Waals surface area contributed by atoms with E-state index in [2.05, 4.69) is 15.6 Å². The number of methoxy groups -OCH3 is 1. The van der Waals surface area contributed by atoms with Crippen LogP contribution >= 0.6 is 0 Å². The van der Waals surface area contributed by atoms with Crippen molar-refractivity contribution in [1.82, 2.24) is 15.6 Å². The van der Waals surface area contributed by atoms with Gasteiger partial charge in [0.15, 0.2) is 0 Å². The summed E-state index contributed by atoms with van der Waals surface area (Å²) in [4.78, 5) is 28.5. The van der Waals surface area contributed by atoms with Gasteiger partial charge in [-0.2, -0.15) is 0 Å². The molecule has 6 heteroatoms. The Bertz CT molecular complexity index is 514. The molecule has 1 aromatic rings. The van der Waals surface area contributed by atoms with Crippen LogP contribution in [0.25, 0.3) is 0 Å². The van der Waals surface area contributed by atoms with Crippen molar-refractivity contribution in [3.05, 3.63) is 30.1 Å². The van der Waals surface area contributed by atoms with E-state index in [1.165, 1.54) is 0 Å². The largest absolute Gasteiger partial charge is 0.385 e. The standard InChI is InChI=1S/C18H27N3O3/c1-24-12-4-11-20-17(22)14-6-8-15(9-7-14)18(23)21-13-16-5-2-3-10-19-16/h2-3,5,10,14-15H,4,6-9,11-13H2,1H3,(H,20,22)(H,21,23). The first-order valence-electron chi connectivity index (χ1n) is 8.65. The van der Waals surface area contributed by atoms with Crippen LogP contribution in [0.2, 0.25) is 0 Å². The van der Waals surface area contributed by atoms with Gasteiger partial charge in [0.25, 0.3) is 0 Å². The Labute approximate surface area is 143 Å². The molecule has 0 aliphatic heterocycles. The van der Waals surface area contributed by atoms with E-state index in [-0.39, 0.29) is 23.7 Å². The summed E-state index contributed by atoms with van der Waals surface area (Å²) in [6.45, 7) is 1.76. The second-order valence-electron chi connectivity index (χ2n) is 6.22. The summed E-state index contributed by atoms with van der Waals surface area (Å²) in [5.41, 5.74) is 0.856. The van der Waals surface area contributed by atoms with E-state index in [1.807, 2.05) is 18.2 Å². The highest BCUT2D eigenvalue weighted by atomic mass is 16.5. The molecule has 24 heavy (non-hydrogen) atoms. The molecule has 6 nitrogen and oxygen atoms in total. The Morgan fingerprint density at radius 1 is 1.12 bits per heavy atom. The maximum Gasteiger partial charge on any atom is 0.223 e. The summed E-state index contributed by atoms with van der Waals surface area (Å²) >= 11 is 0. The van der Waals surface area contributed by atoms with Crippen LogP contribution in [0.1, 0.15) is 37.8 Å². The number of nitrogens with one attached hydrogen (secondary N) is 2. The number of nitrogens with zero attached hydrogens (tertiary/aromatic N) is 1. The van der Waals surface area contributed by atoms with E-state index < -0.39 is 0 Å². The van der Waals surface area contributed by atoms with Crippen LogP contribution in [-0.4, -0.2) is 37.1 Å². The number of carbonyl (C=O) groups is 2. The van der Waals surface area contributed by atoms with Crippen LogP contribution in [0, 0.1) is 11.8 Å². The quantitative estimate of drug-likeness (QED) is 0.709. The SMILES string of the molecule is COCCCNC(=O)C1CCC(C(=O)NCc2ccccn2)CC1. The molecule has 0 spiro atoms. The summed E-state index contributed by atoms with van der Waals surface area (Å²) in [6.07, 6.45) is 5.63. The first-order valence-corrected chi connectivity index (χ1v) is 8.65. The first-order chi connectivity index (χ1) is 11.7. The fourth-order valence-electron chi connectivity index (χ4n) is 3.01. The van der Waals surface area contributed by atoms with E-state index in [0.717, 1.165) is 37.8 Å². The maximum absolute atomic E-state index is 12.2. The highest BCUT2D eigenvalue weighted by Gasteiger charge is 2.29. The molecular weight excluding hydrogens is 306 g/mol. The zero-order chi connectivity index (χ0) is 17.2. The van der Waals surface area contributed by atoms with Gasteiger partial charge in [-0.1, -0.05) is 6.07 Å². The van der Waals surface area contributed by atoms with Gasteiger partial charge in [-0.05, 0) is 44.2 Å². The zero-order valence-corrected chi connectivity index (χ0v) is 14.3. The predicted octanol–water partition coefficient (Wildman–Crippen LogP) is 1.66. The maximum atomic E-state index is 12.2. The van der Waals surface area contributed by atoms with Gasteiger partial charge in [-0.15, -0.1) is 0 Å². The number of hydrogen-bond acceptors (Lipinski definition) is 4. The van der Waals surface area contributed by atoms with E-state index in [9.17, 15) is 9.59 Å². The van der Waals surface area contributed by atoms with Gasteiger partial charge in [-0.25, -0.2) is 0 Å². The molecule has 1 heterocycles. The van der Waals surface area contributed by atoms with Gasteiger partial charge >= 0.3 is 0 Å². The minimum Gasteiger partial charge on any atom is -0.385 e. The molecule has 0 radical (unpaired) electrons. The molecule has 132 valence electrons. The normalized spacial score (nSPS) is 20.4. The van der Waals surface area contributed by atoms with Gasteiger partial charge in [0, 0.05) is 38.3 Å². The lowest BCUT2D eigenvalue weighted by Gasteiger charge is -2.27. The van der Waals surface area contributed by atoms with E-state index in [0.29, 0.717) is 19.7 Å². The number of aromatic nitrogens is 1. The molecular formula is C18H27N3O3. The summed E-state index contributed by atoms with van der Waals surface area (Å²) < 4.78 is 4.96. The second kappa shape index (κ2) is 10.0. The molecule has 1 aliphatic carbocycles. The number of rotatable bonds is 8. The first kappa shape index (κ1) is 18.4. The number of pyridine rings is 1. The van der Waals surface area contributed by atoms with Crippen LogP contribution in [0.3, 0.4) is 0 Å². The molecule has 0 saturated heterocycles. The number of ether oxygens (including phenoxy) is 1. The van der Waals surface area contributed by atoms with Crippen LogP contribution in [0.15, 0.2) is 24.4 Å². The molecule has 1 aromatic heterocycles. The minimum atomic E-state index is 0.00579. The second-order valence-corrected chi connectivity index (χ2v) is 6.22. The van der Waals surface area contributed by atoms with Crippen molar-refractivity contribution < 1.29 is 14.3 Å². The summed E-state index contributed by atoms with van der Waals surface area (Å²) in [5.74, 6) is 0.219. The molecule has 1 fully saturated rings. The fraction of sp³-hybridized carbons (Fsp3) is 0.611. The lowest BCUT2D eigenvalue weighted by Crippen LogP contribution is -2.37. The molecule has 2 N–H and O–H groups in total. The average Bonchev–Trinajstić information content (AvgIpc) is 2.64. The van der Waals surface area contributed by atoms with Crippen molar-refractivity contribution in [2.75, 3.05) is 20.3 Å². The fourth-order valence-corrected chi connectivity index (χ4v) is 3.01. The topological polar surface area (TPSA) is 80.3 Å². The third-order valence-corrected chi connectivity index (χ3v) is 4.46. The molecule has 0 unspecified atom stereocenters. The van der Waals surface area contributed by atoms with Crippen molar-refractivity contribution in [3.8, 4) is 0 Å². The van der Waals surface area contributed by atoms with Crippen molar-refractivity contribution >= 4 is 11.8 Å². The average molecular weight is 333 g/mol. The van der Waals surface area contributed by atoms with Crippen LogP contribution in [0.4, 0.5) is 0 Å². The Balaban J connectivity index is 1.66. The summed E-state index contributed by atoms with van der Waals surface area (Å²) in [7, 11) is 1.65. The van der Waals surface area contributed by atoms with Crippen LogP contribution < -0.4 is 10.6 Å². The van der Waals surface area contributed by atoms with E-state index in [1.54, 1.807) is 13.3 Å². The van der Waals surface area contributed by atoms with Gasteiger partial charge in [0.05, 0.1) is 12.2 Å². The number of carbonyl (C=O) groups excluding carboxylic acids is 2. The third kappa shape index (κ3) is 5.92. The number of hydrogen-bond donors (Lipinski definition) is 2. The van der Waals surface area contributed by atoms with Gasteiger partial charge in [0.1, 0.15) is 0 Å². The highest BCUT2D eigenvalue weighted by Crippen LogP contribution is 2.29. The van der Waals surface area contributed by atoms with Gasteiger partial charge in [0.2, 0.25) is 11.8 Å². The van der Waals surface area contributed by atoms with Gasteiger partial charge in [-0.3, -0.25) is 14.6 Å². The zero-order valence-electron chi connectivity index (χ0n) is 14.3. The summed E-state index contributed by atoms with van der Waals surface area (Å²) in [5, 5.41) is 5.90. The Kier molecular flexibility index (Phi) is 7.68. The van der Waals surface area contributed by atoms with Crippen molar-refractivity contribution in [3.63, 3.8) is 0 Å². The minimum absolute atomic E-state index is 0.00579. The smallest absolute Gasteiger partial charge is 0.223 e. The van der Waals surface area contributed by atoms with Crippen molar-refractivity contribution in [1.29, 1.82) is 0 Å². The summed E-state index contributed by atoms with van der Waals surface area (Å²) in [6, 6.07) is 5.66. The third-order valence-electron chi connectivity index (χ3n) is 4.46. The molecule has 0 bridgehead atoms. The molecule has 1 saturated carbocycles. The van der Waals surface area contributed by atoms with E-state index >= 15 is 0 Å². The van der Waals surface area contributed by atoms with Crippen molar-refractivity contribution in [2.24, 2.45) is 11.8 Å². The van der Waals surface area contributed by atoms with Crippen LogP contribution in [-0.2, 0) is 20.9 Å². The van der Waals surface area contributed by atoms with E-state index in [4.69, 9.17) is 4.74 Å². The molecule has 2 rings (SSSR count). The molecule has 0 atom stereocenters. The number of amides is 2. The Morgan fingerprint density at radius 2 is 1.79 bits per heavy atom. The Morgan fingerprint density at radius 3 is 2.38 bits per heavy atom. The monoisotopic (exact) mass is 333 g/mol. The lowest BCUT2D eigenvalue weighted by atomic mass is 9.81. The lowest BCUT2D eigenvalue weighted by molar-refractivity contribution is -0.130. The predicted molar refractivity (Wildman–Crippen MR) is 91.0 cm³/mol.